The molecule has 2 aliphatic carbocycles. The Hall–Kier alpha value is -1.02. The number of nitrogens with zero attached hydrogens (tertiary/aromatic N) is 2. The number of hydrogen-bond donors (Lipinski definition) is 0. The van der Waals surface area contributed by atoms with Gasteiger partial charge in [0.25, 0.3) is 0 Å². The maximum absolute atomic E-state index is 9.18. The van der Waals surface area contributed by atoms with Crippen molar-refractivity contribution in [2.75, 3.05) is 0 Å². The van der Waals surface area contributed by atoms with Gasteiger partial charge in [0.1, 0.15) is 0 Å². The topological polar surface area (TPSA) is 47.6 Å². The van der Waals surface area contributed by atoms with Gasteiger partial charge in [-0.25, -0.2) is 0 Å². The number of hydrogen-bond acceptors (Lipinski definition) is 2. The molecule has 2 rings (SSSR count). The highest BCUT2D eigenvalue weighted by Gasteiger charge is 2.53. The molecule has 2 fully saturated rings. The lowest BCUT2D eigenvalue weighted by molar-refractivity contribution is 0.00760. The van der Waals surface area contributed by atoms with Crippen molar-refractivity contribution in [1.29, 1.82) is 10.5 Å². The Morgan fingerprint density at radius 1 is 1.12 bits per heavy atom. The zero-order chi connectivity index (χ0) is 12.5. The van der Waals surface area contributed by atoms with Crippen molar-refractivity contribution in [1.82, 2.24) is 0 Å². The third-order valence-corrected chi connectivity index (χ3v) is 5.30. The normalized spacial score (nSPS) is 34.3. The molecule has 92 valence electrons. The molecule has 0 spiro atoms. The standard InChI is InChI=1S/C15H22N2/c1-11(2)14-10-12-3-4-13(9-12)15(14,5-7-16)6-8-17/h11-14H,3-6,9-10H2,1-2H3/t12-,13+,14+/m0/s1. The van der Waals surface area contributed by atoms with Crippen LogP contribution in [0, 0.1) is 51.7 Å². The van der Waals surface area contributed by atoms with Crippen LogP contribution in [0.3, 0.4) is 0 Å². The van der Waals surface area contributed by atoms with E-state index in [1.807, 2.05) is 0 Å². The smallest absolute Gasteiger partial charge is 0.0628 e. The van der Waals surface area contributed by atoms with Crippen molar-refractivity contribution >= 4 is 0 Å². The van der Waals surface area contributed by atoms with Crippen LogP contribution in [-0.4, -0.2) is 0 Å². The van der Waals surface area contributed by atoms with Crippen molar-refractivity contribution in [2.24, 2.45) is 29.1 Å². The molecule has 0 saturated heterocycles. The van der Waals surface area contributed by atoms with Gasteiger partial charge in [-0.15, -0.1) is 0 Å². The fraction of sp³-hybridized carbons (Fsp3) is 0.867. The van der Waals surface area contributed by atoms with E-state index in [-0.39, 0.29) is 5.41 Å². The lowest BCUT2D eigenvalue weighted by Crippen LogP contribution is -2.42. The summed E-state index contributed by atoms with van der Waals surface area (Å²) in [6.07, 6.45) is 6.26. The minimum absolute atomic E-state index is 0.00463. The molecule has 2 aliphatic rings. The molecule has 0 aromatic carbocycles. The molecule has 2 heteroatoms. The Labute approximate surface area is 105 Å². The summed E-state index contributed by atoms with van der Waals surface area (Å²) in [5, 5.41) is 18.4. The van der Waals surface area contributed by atoms with Crippen LogP contribution in [0.25, 0.3) is 0 Å². The summed E-state index contributed by atoms with van der Waals surface area (Å²) in [4.78, 5) is 0. The molecular formula is C15H22N2. The first-order valence-electron chi connectivity index (χ1n) is 6.88. The van der Waals surface area contributed by atoms with Gasteiger partial charge in [0.2, 0.25) is 0 Å². The van der Waals surface area contributed by atoms with E-state index >= 15 is 0 Å². The molecule has 3 atom stereocenters. The SMILES string of the molecule is CC(C)[C@H]1C[C@H]2CC[C@H](C2)C1(CC#N)CC#N. The first kappa shape index (κ1) is 12.4. The van der Waals surface area contributed by atoms with E-state index in [2.05, 4.69) is 26.0 Å². The molecule has 0 aromatic rings. The van der Waals surface area contributed by atoms with Crippen LogP contribution in [0.1, 0.15) is 52.4 Å². The molecule has 0 aliphatic heterocycles. The number of rotatable bonds is 3. The van der Waals surface area contributed by atoms with E-state index in [0.717, 1.165) is 5.92 Å². The molecule has 0 unspecified atom stereocenters. The second-order valence-corrected chi connectivity index (χ2v) is 6.37. The van der Waals surface area contributed by atoms with Crippen LogP contribution in [0.2, 0.25) is 0 Å². The number of nitriles is 2. The van der Waals surface area contributed by atoms with Crippen LogP contribution >= 0.6 is 0 Å². The van der Waals surface area contributed by atoms with Crippen molar-refractivity contribution < 1.29 is 0 Å². The fourth-order valence-corrected chi connectivity index (χ4v) is 4.55. The van der Waals surface area contributed by atoms with Crippen molar-refractivity contribution in [3.05, 3.63) is 0 Å². The molecule has 2 saturated carbocycles. The molecule has 2 nitrogen and oxygen atoms in total. The average molecular weight is 230 g/mol. The highest BCUT2D eigenvalue weighted by molar-refractivity contribution is 5.08. The van der Waals surface area contributed by atoms with E-state index in [0.29, 0.717) is 30.6 Å². The highest BCUT2D eigenvalue weighted by Crippen LogP contribution is 2.60. The maximum Gasteiger partial charge on any atom is 0.0628 e. The Morgan fingerprint density at radius 3 is 2.29 bits per heavy atom. The van der Waals surface area contributed by atoms with E-state index in [1.165, 1.54) is 25.7 Å². The van der Waals surface area contributed by atoms with E-state index in [1.54, 1.807) is 0 Å². The average Bonchev–Trinajstić information content (AvgIpc) is 2.69. The predicted octanol–water partition coefficient (Wildman–Crippen LogP) is 3.89. The van der Waals surface area contributed by atoms with Gasteiger partial charge in [0.05, 0.1) is 12.1 Å². The van der Waals surface area contributed by atoms with Crippen LogP contribution in [0.5, 0.6) is 0 Å². The van der Waals surface area contributed by atoms with Crippen molar-refractivity contribution in [3.8, 4) is 12.1 Å². The highest BCUT2D eigenvalue weighted by atomic mass is 14.6. The first-order valence-corrected chi connectivity index (χ1v) is 6.88. The van der Waals surface area contributed by atoms with Crippen LogP contribution in [0.15, 0.2) is 0 Å². The van der Waals surface area contributed by atoms with Crippen LogP contribution in [-0.2, 0) is 0 Å². The van der Waals surface area contributed by atoms with Gasteiger partial charge < -0.3 is 0 Å². The van der Waals surface area contributed by atoms with Gasteiger partial charge >= 0.3 is 0 Å². The molecule has 0 heterocycles. The van der Waals surface area contributed by atoms with Gasteiger partial charge in [0, 0.05) is 18.3 Å². The molecule has 0 N–H and O–H groups in total. The summed E-state index contributed by atoms with van der Waals surface area (Å²) < 4.78 is 0. The second-order valence-electron chi connectivity index (χ2n) is 6.37. The zero-order valence-corrected chi connectivity index (χ0v) is 10.9. The van der Waals surface area contributed by atoms with Gasteiger partial charge in [-0.2, -0.15) is 10.5 Å². The summed E-state index contributed by atoms with van der Waals surface area (Å²) in [6.45, 7) is 4.53. The van der Waals surface area contributed by atoms with Crippen LogP contribution in [0.4, 0.5) is 0 Å². The van der Waals surface area contributed by atoms with Gasteiger partial charge in [-0.1, -0.05) is 20.3 Å². The van der Waals surface area contributed by atoms with E-state index in [9.17, 15) is 10.5 Å². The third-order valence-electron chi connectivity index (χ3n) is 5.30. The van der Waals surface area contributed by atoms with Crippen LogP contribution < -0.4 is 0 Å². The Morgan fingerprint density at radius 2 is 1.76 bits per heavy atom. The Balaban J connectivity index is 2.35. The summed E-state index contributed by atoms with van der Waals surface area (Å²) in [5.41, 5.74) is 0.00463. The van der Waals surface area contributed by atoms with Gasteiger partial charge in [0.15, 0.2) is 0 Å². The quantitative estimate of drug-likeness (QED) is 0.738. The summed E-state index contributed by atoms with van der Waals surface area (Å²) in [6, 6.07) is 4.76. The second kappa shape index (κ2) is 4.69. The minimum atomic E-state index is 0.00463. The lowest BCUT2D eigenvalue weighted by Gasteiger charge is -2.48. The first-order chi connectivity index (χ1) is 8.14. The largest absolute Gasteiger partial charge is 0.198 e. The molecular weight excluding hydrogens is 208 g/mol. The van der Waals surface area contributed by atoms with Gasteiger partial charge in [-0.05, 0) is 42.9 Å². The summed E-state index contributed by atoms with van der Waals surface area (Å²) in [7, 11) is 0. The van der Waals surface area contributed by atoms with E-state index in [4.69, 9.17) is 0 Å². The third kappa shape index (κ3) is 1.95. The van der Waals surface area contributed by atoms with Crippen molar-refractivity contribution in [2.45, 2.75) is 52.4 Å². The molecule has 0 amide bonds. The fourth-order valence-electron chi connectivity index (χ4n) is 4.55. The molecule has 0 aromatic heterocycles. The molecule has 2 bridgehead atoms. The summed E-state index contributed by atoms with van der Waals surface area (Å²) >= 11 is 0. The zero-order valence-electron chi connectivity index (χ0n) is 10.9. The maximum atomic E-state index is 9.18. The van der Waals surface area contributed by atoms with Gasteiger partial charge in [-0.3, -0.25) is 0 Å². The Bertz CT molecular complexity index is 342. The lowest BCUT2D eigenvalue weighted by atomic mass is 9.55. The number of fused-ring (bicyclic) bond motifs is 2. The predicted molar refractivity (Wildman–Crippen MR) is 66.7 cm³/mol. The Kier molecular flexibility index (Phi) is 3.43. The molecule has 17 heavy (non-hydrogen) atoms. The van der Waals surface area contributed by atoms with E-state index < -0.39 is 0 Å². The monoisotopic (exact) mass is 230 g/mol. The molecule has 0 radical (unpaired) electrons. The van der Waals surface area contributed by atoms with Crippen molar-refractivity contribution in [3.63, 3.8) is 0 Å². The minimum Gasteiger partial charge on any atom is -0.198 e. The summed E-state index contributed by atoms with van der Waals surface area (Å²) in [5.74, 6) is 2.68.